The predicted octanol–water partition coefficient (Wildman–Crippen LogP) is 2.20. The van der Waals surface area contributed by atoms with Crippen molar-refractivity contribution in [2.24, 2.45) is 7.05 Å². The zero-order chi connectivity index (χ0) is 16.6. The SMILES string of the molecule is Cc1nn(C)c(Cl)c1/C=C/C(=O)Nc1ccc2[nH]c(=O)[nH]c2c1. The third-order valence-electron chi connectivity index (χ3n) is 3.38. The van der Waals surface area contributed by atoms with Crippen LogP contribution in [0.2, 0.25) is 5.15 Å². The van der Waals surface area contributed by atoms with E-state index in [-0.39, 0.29) is 11.6 Å². The van der Waals surface area contributed by atoms with Crippen LogP contribution >= 0.6 is 11.6 Å². The summed E-state index contributed by atoms with van der Waals surface area (Å²) in [6.45, 7) is 1.82. The molecule has 0 atom stereocenters. The summed E-state index contributed by atoms with van der Waals surface area (Å²) in [4.78, 5) is 28.5. The number of anilines is 1. The molecule has 0 spiro atoms. The van der Waals surface area contributed by atoms with E-state index in [4.69, 9.17) is 11.6 Å². The molecule has 3 rings (SSSR count). The van der Waals surface area contributed by atoms with E-state index in [2.05, 4.69) is 20.4 Å². The van der Waals surface area contributed by atoms with Gasteiger partial charge in [-0.2, -0.15) is 5.10 Å². The molecule has 0 fully saturated rings. The minimum atomic E-state index is -0.304. The number of amides is 1. The van der Waals surface area contributed by atoms with E-state index in [1.807, 2.05) is 6.92 Å². The highest BCUT2D eigenvalue weighted by molar-refractivity contribution is 6.31. The van der Waals surface area contributed by atoms with Crippen LogP contribution in [0.5, 0.6) is 0 Å². The van der Waals surface area contributed by atoms with E-state index in [0.29, 0.717) is 27.4 Å². The van der Waals surface area contributed by atoms with Gasteiger partial charge in [-0.1, -0.05) is 11.6 Å². The monoisotopic (exact) mass is 331 g/mol. The van der Waals surface area contributed by atoms with Crippen LogP contribution in [0.3, 0.4) is 0 Å². The highest BCUT2D eigenvalue weighted by atomic mass is 35.5. The number of nitrogens with zero attached hydrogens (tertiary/aromatic N) is 2. The van der Waals surface area contributed by atoms with Crippen molar-refractivity contribution < 1.29 is 4.79 Å². The summed E-state index contributed by atoms with van der Waals surface area (Å²) in [5, 5.41) is 7.37. The number of fused-ring (bicyclic) bond motifs is 1. The van der Waals surface area contributed by atoms with Gasteiger partial charge in [-0.05, 0) is 31.2 Å². The number of halogens is 1. The number of aromatic nitrogens is 4. The molecule has 1 amide bonds. The number of rotatable bonds is 3. The fourth-order valence-electron chi connectivity index (χ4n) is 2.29. The average Bonchev–Trinajstić information content (AvgIpc) is 2.96. The van der Waals surface area contributed by atoms with Crippen molar-refractivity contribution in [3.63, 3.8) is 0 Å². The molecule has 0 unspecified atom stereocenters. The van der Waals surface area contributed by atoms with Crippen molar-refractivity contribution in [2.75, 3.05) is 5.32 Å². The van der Waals surface area contributed by atoms with E-state index < -0.39 is 0 Å². The molecule has 0 radical (unpaired) electrons. The zero-order valence-corrected chi connectivity index (χ0v) is 13.2. The number of aromatic amines is 2. The molecule has 0 saturated carbocycles. The second kappa shape index (κ2) is 5.77. The fraction of sp³-hybridized carbons (Fsp3) is 0.133. The van der Waals surface area contributed by atoms with E-state index in [0.717, 1.165) is 5.69 Å². The highest BCUT2D eigenvalue weighted by Gasteiger charge is 2.08. The molecule has 0 saturated heterocycles. The Labute approximate surface area is 136 Å². The third-order valence-corrected chi connectivity index (χ3v) is 3.83. The molecular formula is C15H14ClN5O2. The van der Waals surface area contributed by atoms with E-state index in [1.54, 1.807) is 36.0 Å². The van der Waals surface area contributed by atoms with Gasteiger partial charge in [-0.3, -0.25) is 9.48 Å². The summed E-state index contributed by atoms with van der Waals surface area (Å²) in [5.41, 5.74) is 3.05. The first-order chi connectivity index (χ1) is 10.9. The number of imidazole rings is 1. The molecule has 2 heterocycles. The summed E-state index contributed by atoms with van der Waals surface area (Å²) in [5.74, 6) is -0.304. The quantitative estimate of drug-likeness (QED) is 0.642. The van der Waals surface area contributed by atoms with Gasteiger partial charge in [0.2, 0.25) is 5.91 Å². The Kier molecular flexibility index (Phi) is 3.79. The maximum Gasteiger partial charge on any atom is 0.323 e. The minimum Gasteiger partial charge on any atom is -0.322 e. The molecule has 23 heavy (non-hydrogen) atoms. The van der Waals surface area contributed by atoms with Crippen molar-refractivity contribution in [1.82, 2.24) is 19.7 Å². The van der Waals surface area contributed by atoms with E-state index in [9.17, 15) is 9.59 Å². The standard InChI is InChI=1S/C15H14ClN5O2/c1-8-10(14(16)21(2)20-8)4-6-13(22)17-9-3-5-11-12(7-9)19-15(23)18-11/h3-7H,1-2H3,(H,17,22)(H2,18,19,23)/b6-4+. The van der Waals surface area contributed by atoms with E-state index in [1.165, 1.54) is 6.08 Å². The smallest absolute Gasteiger partial charge is 0.322 e. The van der Waals surface area contributed by atoms with Crippen LogP contribution in [0.15, 0.2) is 29.1 Å². The lowest BCUT2D eigenvalue weighted by atomic mass is 10.2. The van der Waals surface area contributed by atoms with Crippen LogP contribution in [0.25, 0.3) is 17.1 Å². The highest BCUT2D eigenvalue weighted by Crippen LogP contribution is 2.20. The Hall–Kier alpha value is -2.80. The van der Waals surface area contributed by atoms with Gasteiger partial charge in [0.05, 0.1) is 16.7 Å². The van der Waals surface area contributed by atoms with Crippen LogP contribution in [-0.2, 0) is 11.8 Å². The average molecular weight is 332 g/mol. The lowest BCUT2D eigenvalue weighted by molar-refractivity contribution is -0.111. The van der Waals surface area contributed by atoms with Gasteiger partial charge in [-0.25, -0.2) is 4.79 Å². The summed E-state index contributed by atoms with van der Waals surface area (Å²) >= 11 is 6.11. The second-order valence-electron chi connectivity index (χ2n) is 5.08. The molecule has 2 aromatic heterocycles. The number of carbonyl (C=O) groups excluding carboxylic acids is 1. The molecule has 0 aliphatic carbocycles. The molecule has 3 N–H and O–H groups in total. The first-order valence-corrected chi connectivity index (χ1v) is 7.22. The predicted molar refractivity (Wildman–Crippen MR) is 89.5 cm³/mol. The normalized spacial score (nSPS) is 11.4. The van der Waals surface area contributed by atoms with Gasteiger partial charge >= 0.3 is 5.69 Å². The second-order valence-corrected chi connectivity index (χ2v) is 5.43. The largest absolute Gasteiger partial charge is 0.323 e. The lowest BCUT2D eigenvalue weighted by Gasteiger charge is -2.01. The maximum atomic E-state index is 12.0. The fourth-order valence-corrected chi connectivity index (χ4v) is 2.53. The van der Waals surface area contributed by atoms with Gasteiger partial charge in [0.15, 0.2) is 0 Å². The summed E-state index contributed by atoms with van der Waals surface area (Å²) < 4.78 is 1.55. The Balaban J connectivity index is 1.77. The van der Waals surface area contributed by atoms with Crippen LogP contribution in [0.4, 0.5) is 5.69 Å². The Morgan fingerprint density at radius 1 is 1.35 bits per heavy atom. The van der Waals surface area contributed by atoms with Gasteiger partial charge in [-0.15, -0.1) is 0 Å². The lowest BCUT2D eigenvalue weighted by Crippen LogP contribution is -2.07. The van der Waals surface area contributed by atoms with Crippen molar-refractivity contribution in [2.45, 2.75) is 6.92 Å². The first-order valence-electron chi connectivity index (χ1n) is 6.84. The van der Waals surface area contributed by atoms with Gasteiger partial charge in [0.1, 0.15) is 5.15 Å². The number of nitrogens with one attached hydrogen (secondary N) is 3. The Bertz CT molecular complexity index is 980. The Morgan fingerprint density at radius 3 is 2.78 bits per heavy atom. The summed E-state index contributed by atoms with van der Waals surface area (Å²) in [6, 6.07) is 5.11. The van der Waals surface area contributed by atoms with Gasteiger partial charge in [0.25, 0.3) is 0 Å². The van der Waals surface area contributed by atoms with Crippen LogP contribution in [0, 0.1) is 6.92 Å². The van der Waals surface area contributed by atoms with Gasteiger partial charge in [0, 0.05) is 24.4 Å². The Morgan fingerprint density at radius 2 is 2.09 bits per heavy atom. The number of hydrogen-bond donors (Lipinski definition) is 3. The molecule has 118 valence electrons. The van der Waals surface area contributed by atoms with Crippen molar-refractivity contribution in [1.29, 1.82) is 0 Å². The maximum absolute atomic E-state index is 12.0. The number of benzene rings is 1. The molecule has 7 nitrogen and oxygen atoms in total. The molecule has 3 aromatic rings. The molecule has 0 aliphatic heterocycles. The molecule has 1 aromatic carbocycles. The molecule has 0 aliphatic rings. The molecule has 0 bridgehead atoms. The summed E-state index contributed by atoms with van der Waals surface area (Å²) in [7, 11) is 1.74. The van der Waals surface area contributed by atoms with Crippen molar-refractivity contribution in [3.05, 3.63) is 51.2 Å². The summed E-state index contributed by atoms with van der Waals surface area (Å²) in [6.07, 6.45) is 3.01. The van der Waals surface area contributed by atoms with Crippen molar-refractivity contribution >= 4 is 40.3 Å². The van der Waals surface area contributed by atoms with Crippen LogP contribution in [-0.4, -0.2) is 25.7 Å². The third kappa shape index (κ3) is 3.04. The first kappa shape index (κ1) is 15.1. The van der Waals surface area contributed by atoms with Crippen molar-refractivity contribution in [3.8, 4) is 0 Å². The number of aryl methyl sites for hydroxylation is 2. The number of hydrogen-bond acceptors (Lipinski definition) is 3. The van der Waals surface area contributed by atoms with Crippen LogP contribution in [0.1, 0.15) is 11.3 Å². The topological polar surface area (TPSA) is 95.6 Å². The van der Waals surface area contributed by atoms with Crippen LogP contribution < -0.4 is 11.0 Å². The van der Waals surface area contributed by atoms with Gasteiger partial charge < -0.3 is 15.3 Å². The number of carbonyl (C=O) groups is 1. The molecule has 8 heteroatoms. The minimum absolute atomic E-state index is 0.287. The number of H-pyrrole nitrogens is 2. The van der Waals surface area contributed by atoms with E-state index >= 15 is 0 Å². The molecular weight excluding hydrogens is 318 g/mol. The zero-order valence-electron chi connectivity index (χ0n) is 12.5.